The van der Waals surface area contributed by atoms with Gasteiger partial charge in [0.2, 0.25) is 0 Å². The van der Waals surface area contributed by atoms with E-state index in [0.717, 1.165) is 65.4 Å². The first-order chi connectivity index (χ1) is 17.7. The minimum Gasteiger partial charge on any atom is -0.368 e. The van der Waals surface area contributed by atoms with Crippen molar-refractivity contribution in [2.24, 2.45) is 0 Å². The lowest BCUT2D eigenvalue weighted by Crippen LogP contribution is -2.47. The fraction of sp³-hybridized carbons (Fsp3) is 0.172. The lowest BCUT2D eigenvalue weighted by Gasteiger charge is -2.37. The molecule has 1 fully saturated rings. The summed E-state index contributed by atoms with van der Waals surface area (Å²) >= 11 is 0. The Bertz CT molecular complexity index is 1490. The van der Waals surface area contributed by atoms with Gasteiger partial charge < -0.3 is 15.1 Å². The Hall–Kier alpha value is -4.72. The summed E-state index contributed by atoms with van der Waals surface area (Å²) in [6.45, 7) is 3.37. The Morgan fingerprint density at radius 1 is 0.838 bits per heavy atom. The molecular formula is C29H29N7O. The average molecular weight is 492 g/mol. The molecule has 5 aromatic rings. The summed E-state index contributed by atoms with van der Waals surface area (Å²) in [4.78, 5) is 26.3. The first-order valence-electron chi connectivity index (χ1n) is 11.9. The number of aromatic nitrogens is 4. The summed E-state index contributed by atoms with van der Waals surface area (Å²) in [7, 11) is 0. The summed E-state index contributed by atoms with van der Waals surface area (Å²) in [6, 6.07) is 23.5. The summed E-state index contributed by atoms with van der Waals surface area (Å²) in [5.74, 6) is 0.844. The average Bonchev–Trinajstić information content (AvgIpc) is 3.48. The van der Waals surface area contributed by atoms with Crippen LogP contribution in [-0.4, -0.2) is 52.3 Å². The number of carbonyl (C=O) groups excluding carboxylic acids is 1. The normalized spacial score (nSPS) is 13.3. The predicted molar refractivity (Wildman–Crippen MR) is 149 cm³/mol. The van der Waals surface area contributed by atoms with Crippen molar-refractivity contribution < 1.29 is 4.79 Å². The number of hydrogen-bond acceptors (Lipinski definition) is 6. The maximum absolute atomic E-state index is 12.6. The Kier molecular flexibility index (Phi) is 6.81. The van der Waals surface area contributed by atoms with Gasteiger partial charge in [0, 0.05) is 60.3 Å². The van der Waals surface area contributed by atoms with Crippen molar-refractivity contribution in [2.75, 3.05) is 41.3 Å². The van der Waals surface area contributed by atoms with Crippen LogP contribution >= 0.6 is 0 Å². The van der Waals surface area contributed by atoms with Crippen molar-refractivity contribution in [1.82, 2.24) is 20.2 Å². The van der Waals surface area contributed by atoms with E-state index in [0.29, 0.717) is 5.56 Å². The third kappa shape index (κ3) is 4.99. The topological polar surface area (TPSA) is 90.0 Å². The largest absolute Gasteiger partial charge is 0.368 e. The molecule has 0 bridgehead atoms. The summed E-state index contributed by atoms with van der Waals surface area (Å²) in [5, 5.41) is 11.0. The number of hydrogen-bond donors (Lipinski definition) is 2. The van der Waals surface area contributed by atoms with E-state index in [2.05, 4.69) is 53.5 Å². The number of carbonyl (C=O) groups is 1. The molecule has 0 saturated carbocycles. The van der Waals surface area contributed by atoms with Crippen molar-refractivity contribution in [2.45, 2.75) is 7.43 Å². The second-order valence-corrected chi connectivity index (χ2v) is 8.76. The minimum atomic E-state index is -0.108. The molecule has 8 heteroatoms. The molecule has 37 heavy (non-hydrogen) atoms. The van der Waals surface area contributed by atoms with E-state index in [1.807, 2.05) is 67.0 Å². The highest BCUT2D eigenvalue weighted by Gasteiger charge is 2.21. The van der Waals surface area contributed by atoms with Crippen LogP contribution in [0.2, 0.25) is 0 Å². The van der Waals surface area contributed by atoms with Crippen LogP contribution in [0.5, 0.6) is 0 Å². The maximum Gasteiger partial charge on any atom is 0.255 e. The highest BCUT2D eigenvalue weighted by molar-refractivity contribution is 6.04. The fourth-order valence-electron chi connectivity index (χ4n) is 4.63. The predicted octanol–water partition coefficient (Wildman–Crippen LogP) is 5.23. The lowest BCUT2D eigenvalue weighted by molar-refractivity contribution is 0.102. The number of piperazine rings is 1. The number of H-pyrrole nitrogens is 1. The zero-order valence-corrected chi connectivity index (χ0v) is 19.6. The molecule has 0 radical (unpaired) electrons. The molecule has 0 unspecified atom stereocenters. The molecule has 2 N–H and O–H groups in total. The zero-order valence-electron chi connectivity index (χ0n) is 19.6. The number of anilines is 3. The molecule has 1 amide bonds. The standard InChI is InChI=1S/C28H25N7O.CH4/c36-28(20-5-2-1-3-6-20)33-23-7-4-8-24(16-23)34-11-13-35(14-12-34)27-25-15-21(22-17-31-32-18-22)9-10-26(25)29-19-30-27;/h1-10,15-19H,11-14H2,(H,31,32)(H,33,36);1H4. The number of amides is 1. The summed E-state index contributed by atoms with van der Waals surface area (Å²) in [5.41, 5.74) is 5.57. The van der Waals surface area contributed by atoms with E-state index in [-0.39, 0.29) is 13.3 Å². The quantitative estimate of drug-likeness (QED) is 0.350. The highest BCUT2D eigenvalue weighted by atomic mass is 16.1. The molecule has 1 saturated heterocycles. The Morgan fingerprint density at radius 3 is 2.43 bits per heavy atom. The molecule has 3 heterocycles. The maximum atomic E-state index is 12.6. The molecule has 6 rings (SSSR count). The van der Waals surface area contributed by atoms with Gasteiger partial charge >= 0.3 is 0 Å². The van der Waals surface area contributed by atoms with Crippen LogP contribution in [0.3, 0.4) is 0 Å². The number of aromatic amines is 1. The first-order valence-corrected chi connectivity index (χ1v) is 11.9. The van der Waals surface area contributed by atoms with Gasteiger partial charge in [0.05, 0.1) is 11.7 Å². The highest BCUT2D eigenvalue weighted by Crippen LogP contribution is 2.30. The van der Waals surface area contributed by atoms with E-state index < -0.39 is 0 Å². The van der Waals surface area contributed by atoms with Crippen molar-refractivity contribution >= 4 is 34.0 Å². The Balaban J connectivity index is 0.00000280. The van der Waals surface area contributed by atoms with Crippen LogP contribution in [0.25, 0.3) is 22.0 Å². The van der Waals surface area contributed by atoms with Crippen molar-refractivity contribution in [3.05, 3.63) is 97.1 Å². The number of benzene rings is 3. The van der Waals surface area contributed by atoms with E-state index in [1.165, 1.54) is 0 Å². The van der Waals surface area contributed by atoms with Crippen LogP contribution in [0.15, 0.2) is 91.5 Å². The van der Waals surface area contributed by atoms with Gasteiger partial charge in [-0.25, -0.2) is 9.97 Å². The summed E-state index contributed by atoms with van der Waals surface area (Å²) < 4.78 is 0. The zero-order chi connectivity index (χ0) is 24.3. The second kappa shape index (κ2) is 10.5. The number of rotatable bonds is 5. The van der Waals surface area contributed by atoms with E-state index in [1.54, 1.807) is 6.33 Å². The molecule has 0 spiro atoms. The third-order valence-corrected chi connectivity index (χ3v) is 6.53. The molecule has 0 aliphatic carbocycles. The number of fused-ring (bicyclic) bond motifs is 1. The van der Waals surface area contributed by atoms with Crippen LogP contribution in [-0.2, 0) is 0 Å². The van der Waals surface area contributed by atoms with Gasteiger partial charge in [0.1, 0.15) is 12.1 Å². The van der Waals surface area contributed by atoms with Gasteiger partial charge in [0.25, 0.3) is 5.91 Å². The van der Waals surface area contributed by atoms with Crippen LogP contribution < -0.4 is 15.1 Å². The molecule has 1 aliphatic rings. The Labute approximate surface area is 216 Å². The van der Waals surface area contributed by atoms with E-state index in [4.69, 9.17) is 0 Å². The molecule has 186 valence electrons. The van der Waals surface area contributed by atoms with Crippen molar-refractivity contribution in [1.29, 1.82) is 0 Å². The van der Waals surface area contributed by atoms with Crippen molar-refractivity contribution in [3.8, 4) is 11.1 Å². The molecule has 1 aliphatic heterocycles. The number of nitrogens with zero attached hydrogens (tertiary/aromatic N) is 5. The lowest BCUT2D eigenvalue weighted by atomic mass is 10.1. The van der Waals surface area contributed by atoms with Crippen molar-refractivity contribution in [3.63, 3.8) is 0 Å². The smallest absolute Gasteiger partial charge is 0.255 e. The van der Waals surface area contributed by atoms with Crippen LogP contribution in [0.4, 0.5) is 17.2 Å². The summed E-state index contributed by atoms with van der Waals surface area (Å²) in [6.07, 6.45) is 5.35. The van der Waals surface area contributed by atoms with Crippen LogP contribution in [0, 0.1) is 0 Å². The fourth-order valence-corrected chi connectivity index (χ4v) is 4.63. The molecule has 0 atom stereocenters. The monoisotopic (exact) mass is 491 g/mol. The van der Waals surface area contributed by atoms with Gasteiger partial charge in [0.15, 0.2) is 0 Å². The van der Waals surface area contributed by atoms with Gasteiger partial charge in [-0.15, -0.1) is 0 Å². The third-order valence-electron chi connectivity index (χ3n) is 6.53. The Morgan fingerprint density at radius 2 is 1.65 bits per heavy atom. The van der Waals surface area contributed by atoms with Gasteiger partial charge in [-0.3, -0.25) is 9.89 Å². The van der Waals surface area contributed by atoms with Gasteiger partial charge in [-0.1, -0.05) is 37.8 Å². The number of nitrogens with one attached hydrogen (secondary N) is 2. The van der Waals surface area contributed by atoms with E-state index in [9.17, 15) is 4.79 Å². The molecule has 2 aromatic heterocycles. The molecule has 3 aromatic carbocycles. The molecular weight excluding hydrogens is 462 g/mol. The minimum absolute atomic E-state index is 0. The first kappa shape index (κ1) is 24.0. The molecule has 8 nitrogen and oxygen atoms in total. The second-order valence-electron chi connectivity index (χ2n) is 8.76. The van der Waals surface area contributed by atoms with E-state index >= 15 is 0 Å². The van der Waals surface area contributed by atoms with Gasteiger partial charge in [-0.2, -0.15) is 5.10 Å². The van der Waals surface area contributed by atoms with Crippen LogP contribution in [0.1, 0.15) is 17.8 Å². The van der Waals surface area contributed by atoms with Gasteiger partial charge in [-0.05, 0) is 48.0 Å². The SMILES string of the molecule is C.O=C(Nc1cccc(N2CCN(c3ncnc4ccc(-c5cn[nH]c5)cc34)CC2)c1)c1ccccc1.